The first-order chi connectivity index (χ1) is 14.9. The highest BCUT2D eigenvalue weighted by Crippen LogP contribution is 2.27. The van der Waals surface area contributed by atoms with Gasteiger partial charge >= 0.3 is 0 Å². The average molecular weight is 445 g/mol. The number of aromatic nitrogens is 3. The number of likely N-dealkylation sites (tertiary alicyclic amines) is 1. The number of amides is 2. The van der Waals surface area contributed by atoms with Crippen molar-refractivity contribution in [3.8, 4) is 0 Å². The minimum atomic E-state index is -0.327. The molecule has 0 bridgehead atoms. The molecular weight excluding hydrogens is 412 g/mol. The zero-order valence-electron chi connectivity index (χ0n) is 18.5. The summed E-state index contributed by atoms with van der Waals surface area (Å²) in [6, 6.07) is 10.3. The van der Waals surface area contributed by atoms with E-state index in [1.807, 2.05) is 32.3 Å². The molecule has 2 atom stereocenters. The van der Waals surface area contributed by atoms with E-state index in [-0.39, 0.29) is 29.5 Å². The van der Waals surface area contributed by atoms with Crippen LogP contribution in [0.25, 0.3) is 0 Å². The van der Waals surface area contributed by atoms with E-state index in [9.17, 15) is 9.59 Å². The molecule has 1 aliphatic rings. The molecule has 0 unspecified atom stereocenters. The van der Waals surface area contributed by atoms with Gasteiger partial charge in [0.1, 0.15) is 0 Å². The molecule has 31 heavy (non-hydrogen) atoms. The lowest BCUT2D eigenvalue weighted by Gasteiger charge is -2.31. The molecule has 168 valence electrons. The van der Waals surface area contributed by atoms with Crippen LogP contribution in [0.4, 0.5) is 0 Å². The molecule has 1 aromatic carbocycles. The summed E-state index contributed by atoms with van der Waals surface area (Å²) in [6.07, 6.45) is 2.47. The van der Waals surface area contributed by atoms with Gasteiger partial charge in [0.2, 0.25) is 11.8 Å². The summed E-state index contributed by atoms with van der Waals surface area (Å²) in [5.74, 6) is 0.592. The normalized spacial score (nSPS) is 17.7. The summed E-state index contributed by atoms with van der Waals surface area (Å²) in [7, 11) is 4.08. The summed E-state index contributed by atoms with van der Waals surface area (Å²) in [6.45, 7) is 3.87. The van der Waals surface area contributed by atoms with E-state index in [0.717, 1.165) is 35.8 Å². The molecule has 1 saturated heterocycles. The number of primary amides is 1. The molecule has 0 aliphatic carbocycles. The summed E-state index contributed by atoms with van der Waals surface area (Å²) in [5.41, 5.74) is 6.61. The predicted octanol–water partition coefficient (Wildman–Crippen LogP) is 2.16. The molecule has 1 fully saturated rings. The predicted molar refractivity (Wildman–Crippen MR) is 122 cm³/mol. The van der Waals surface area contributed by atoms with Gasteiger partial charge in [-0.3, -0.25) is 14.5 Å². The third kappa shape index (κ3) is 5.86. The molecule has 9 heteroatoms. The van der Waals surface area contributed by atoms with Crippen molar-refractivity contribution in [1.29, 1.82) is 0 Å². The zero-order valence-corrected chi connectivity index (χ0v) is 19.3. The summed E-state index contributed by atoms with van der Waals surface area (Å²) in [5, 5.41) is 9.66. The SMILES string of the molecule is CC[C@H](c1nnc(SCC(=O)N2CCC[C@@H](C(N)=O)C2)n1Cc1ccccc1)N(C)C. The van der Waals surface area contributed by atoms with Gasteiger partial charge in [0.25, 0.3) is 0 Å². The smallest absolute Gasteiger partial charge is 0.233 e. The van der Waals surface area contributed by atoms with Crippen LogP contribution in [0.15, 0.2) is 35.5 Å². The number of piperidine rings is 1. The molecule has 3 rings (SSSR count). The molecule has 1 aliphatic heterocycles. The quantitative estimate of drug-likeness (QED) is 0.595. The van der Waals surface area contributed by atoms with E-state index in [1.165, 1.54) is 11.8 Å². The Morgan fingerprint density at radius 3 is 2.65 bits per heavy atom. The Balaban J connectivity index is 1.76. The fourth-order valence-corrected chi connectivity index (χ4v) is 4.85. The fraction of sp³-hybridized carbons (Fsp3) is 0.545. The maximum absolute atomic E-state index is 12.8. The van der Waals surface area contributed by atoms with Gasteiger partial charge in [0.05, 0.1) is 24.3 Å². The van der Waals surface area contributed by atoms with Crippen molar-refractivity contribution in [2.75, 3.05) is 32.9 Å². The fourth-order valence-electron chi connectivity index (χ4n) is 4.00. The second-order valence-electron chi connectivity index (χ2n) is 8.17. The lowest BCUT2D eigenvalue weighted by Crippen LogP contribution is -2.44. The molecule has 2 aromatic rings. The largest absolute Gasteiger partial charge is 0.369 e. The number of hydrogen-bond donors (Lipinski definition) is 1. The van der Waals surface area contributed by atoms with Crippen LogP contribution in [-0.4, -0.2) is 69.3 Å². The van der Waals surface area contributed by atoms with Crippen LogP contribution in [0.2, 0.25) is 0 Å². The molecule has 0 spiro atoms. The Bertz CT molecular complexity index is 885. The van der Waals surface area contributed by atoms with Crippen LogP contribution < -0.4 is 5.73 Å². The number of rotatable bonds is 9. The molecule has 1 aromatic heterocycles. The van der Waals surface area contributed by atoms with Crippen LogP contribution in [0.5, 0.6) is 0 Å². The maximum Gasteiger partial charge on any atom is 0.233 e. The van der Waals surface area contributed by atoms with Gasteiger partial charge in [-0.05, 0) is 38.9 Å². The summed E-state index contributed by atoms with van der Waals surface area (Å²) < 4.78 is 2.11. The van der Waals surface area contributed by atoms with E-state index in [2.05, 4.69) is 38.7 Å². The first-order valence-corrected chi connectivity index (χ1v) is 11.7. The Hall–Kier alpha value is -2.39. The average Bonchev–Trinajstić information content (AvgIpc) is 3.15. The van der Waals surface area contributed by atoms with Crippen LogP contribution in [-0.2, 0) is 16.1 Å². The van der Waals surface area contributed by atoms with Crippen LogP contribution in [0, 0.1) is 5.92 Å². The molecule has 2 amide bonds. The number of benzene rings is 1. The van der Waals surface area contributed by atoms with Crippen molar-refractivity contribution in [1.82, 2.24) is 24.6 Å². The second-order valence-corrected chi connectivity index (χ2v) is 9.11. The number of carbonyl (C=O) groups excluding carboxylic acids is 2. The van der Waals surface area contributed by atoms with Gasteiger partial charge in [-0.25, -0.2) is 0 Å². The monoisotopic (exact) mass is 444 g/mol. The number of thioether (sulfide) groups is 1. The van der Waals surface area contributed by atoms with Gasteiger partial charge in [-0.1, -0.05) is 49.0 Å². The molecule has 8 nitrogen and oxygen atoms in total. The highest BCUT2D eigenvalue weighted by Gasteiger charge is 2.28. The number of carbonyl (C=O) groups is 2. The van der Waals surface area contributed by atoms with E-state index < -0.39 is 0 Å². The molecular formula is C22H32N6O2S. The van der Waals surface area contributed by atoms with E-state index >= 15 is 0 Å². The van der Waals surface area contributed by atoms with Crippen molar-refractivity contribution in [3.05, 3.63) is 41.7 Å². The number of nitrogens with zero attached hydrogens (tertiary/aromatic N) is 5. The summed E-state index contributed by atoms with van der Waals surface area (Å²) in [4.78, 5) is 28.2. The van der Waals surface area contributed by atoms with Crippen molar-refractivity contribution >= 4 is 23.6 Å². The van der Waals surface area contributed by atoms with Gasteiger partial charge in [0.15, 0.2) is 11.0 Å². The van der Waals surface area contributed by atoms with Crippen molar-refractivity contribution in [2.24, 2.45) is 11.7 Å². The minimum Gasteiger partial charge on any atom is -0.369 e. The lowest BCUT2D eigenvalue weighted by molar-refractivity contribution is -0.132. The van der Waals surface area contributed by atoms with Crippen molar-refractivity contribution < 1.29 is 9.59 Å². The zero-order chi connectivity index (χ0) is 22.4. The lowest BCUT2D eigenvalue weighted by atomic mass is 9.97. The van der Waals surface area contributed by atoms with E-state index in [0.29, 0.717) is 19.6 Å². The number of nitrogens with two attached hydrogens (primary N) is 1. The highest BCUT2D eigenvalue weighted by molar-refractivity contribution is 7.99. The van der Waals surface area contributed by atoms with Crippen LogP contribution in [0.3, 0.4) is 0 Å². The molecule has 2 N–H and O–H groups in total. The van der Waals surface area contributed by atoms with Gasteiger partial charge in [0, 0.05) is 13.1 Å². The van der Waals surface area contributed by atoms with E-state index in [1.54, 1.807) is 4.90 Å². The second kappa shape index (κ2) is 10.8. The minimum absolute atomic E-state index is 0.00594. The Morgan fingerprint density at radius 1 is 1.26 bits per heavy atom. The Kier molecular flexibility index (Phi) is 8.09. The molecule has 2 heterocycles. The Labute approximate surface area is 188 Å². The van der Waals surface area contributed by atoms with Gasteiger partial charge in [-0.2, -0.15) is 0 Å². The third-order valence-electron chi connectivity index (χ3n) is 5.74. The van der Waals surface area contributed by atoms with Crippen LogP contribution in [0.1, 0.15) is 43.6 Å². The first-order valence-electron chi connectivity index (χ1n) is 10.7. The van der Waals surface area contributed by atoms with Crippen LogP contribution >= 0.6 is 11.8 Å². The Morgan fingerprint density at radius 2 is 2.00 bits per heavy atom. The molecule has 0 radical (unpaired) electrons. The molecule has 0 saturated carbocycles. The topological polar surface area (TPSA) is 97.4 Å². The maximum atomic E-state index is 12.8. The standard InChI is InChI=1S/C22H32N6O2S/c1-4-18(26(2)3)21-24-25-22(28(21)13-16-9-6-5-7-10-16)31-15-19(29)27-12-8-11-17(14-27)20(23)30/h5-7,9-10,17-18H,4,8,11-15H2,1-3H3,(H2,23,30)/t17-,18-/m1/s1. The highest BCUT2D eigenvalue weighted by atomic mass is 32.2. The third-order valence-corrected chi connectivity index (χ3v) is 6.69. The summed E-state index contributed by atoms with van der Waals surface area (Å²) >= 11 is 1.40. The van der Waals surface area contributed by atoms with E-state index in [4.69, 9.17) is 5.73 Å². The van der Waals surface area contributed by atoms with Crippen molar-refractivity contribution in [2.45, 2.75) is 43.9 Å². The van der Waals surface area contributed by atoms with Gasteiger partial charge < -0.3 is 15.2 Å². The van der Waals surface area contributed by atoms with Gasteiger partial charge in [-0.15, -0.1) is 10.2 Å². The number of hydrogen-bond acceptors (Lipinski definition) is 6. The first kappa shape index (κ1) is 23.3. The van der Waals surface area contributed by atoms with Crippen molar-refractivity contribution in [3.63, 3.8) is 0 Å².